The fraction of sp³-hybridized carbons (Fsp3) is 0.316. The first-order valence-electron chi connectivity index (χ1n) is 8.27. The average molecular weight is 356 g/mol. The number of aliphatic carboxylic acids is 1. The smallest absolute Gasteiger partial charge is 0.331 e. The summed E-state index contributed by atoms with van der Waals surface area (Å²) in [6.07, 6.45) is 1.89. The van der Waals surface area contributed by atoms with Crippen LogP contribution >= 0.6 is 0 Å². The van der Waals surface area contributed by atoms with E-state index in [1.165, 1.54) is 0 Å². The molecule has 0 saturated carbocycles. The lowest BCUT2D eigenvalue weighted by atomic mass is 9.98. The predicted molar refractivity (Wildman–Crippen MR) is 93.0 cm³/mol. The van der Waals surface area contributed by atoms with E-state index in [9.17, 15) is 14.7 Å². The van der Waals surface area contributed by atoms with Gasteiger partial charge in [-0.05, 0) is 36.8 Å². The van der Waals surface area contributed by atoms with E-state index in [4.69, 9.17) is 9.47 Å². The first-order valence-corrected chi connectivity index (χ1v) is 8.27. The van der Waals surface area contributed by atoms with Crippen LogP contribution in [0.2, 0.25) is 0 Å². The fourth-order valence-electron chi connectivity index (χ4n) is 2.68. The molecular weight excluding hydrogens is 336 g/mol. The second-order valence-electron chi connectivity index (χ2n) is 6.27. The third-order valence-electron chi connectivity index (χ3n) is 4.26. The number of carboxylic acid groups (broad SMARTS) is 1. The molecule has 1 amide bonds. The van der Waals surface area contributed by atoms with Gasteiger partial charge in [0.2, 0.25) is 0 Å². The lowest BCUT2D eigenvalue weighted by Crippen LogP contribution is -2.55. The summed E-state index contributed by atoms with van der Waals surface area (Å²) in [6.45, 7) is 2.45. The van der Waals surface area contributed by atoms with Gasteiger partial charge in [0.25, 0.3) is 5.91 Å². The zero-order valence-electron chi connectivity index (χ0n) is 14.4. The van der Waals surface area contributed by atoms with Gasteiger partial charge in [0.15, 0.2) is 5.54 Å². The molecule has 3 rings (SSSR count). The van der Waals surface area contributed by atoms with Crippen LogP contribution in [0, 0.1) is 6.92 Å². The van der Waals surface area contributed by atoms with E-state index in [2.05, 4.69) is 10.3 Å². The highest BCUT2D eigenvalue weighted by Crippen LogP contribution is 2.20. The zero-order chi connectivity index (χ0) is 18.6. The van der Waals surface area contributed by atoms with E-state index < -0.39 is 17.4 Å². The van der Waals surface area contributed by atoms with Gasteiger partial charge in [0.1, 0.15) is 12.4 Å². The summed E-state index contributed by atoms with van der Waals surface area (Å²) >= 11 is 0. The highest BCUT2D eigenvalue weighted by molar-refractivity contribution is 5.98. The van der Waals surface area contributed by atoms with E-state index in [0.717, 1.165) is 11.3 Å². The number of benzene rings is 1. The Morgan fingerprint density at radius 3 is 2.85 bits per heavy atom. The Balaban J connectivity index is 1.67. The van der Waals surface area contributed by atoms with Gasteiger partial charge in [-0.2, -0.15) is 0 Å². The van der Waals surface area contributed by atoms with E-state index in [1.54, 1.807) is 24.4 Å². The molecule has 1 unspecified atom stereocenters. The van der Waals surface area contributed by atoms with Crippen LogP contribution in [0.3, 0.4) is 0 Å². The highest BCUT2D eigenvalue weighted by Gasteiger charge is 2.44. The van der Waals surface area contributed by atoms with Gasteiger partial charge in [-0.25, -0.2) is 4.79 Å². The molecule has 0 aliphatic carbocycles. The molecule has 2 aromatic rings. The number of carbonyl (C=O) groups excluding carboxylic acids is 1. The van der Waals surface area contributed by atoms with Crippen LogP contribution in [-0.4, -0.2) is 40.7 Å². The number of pyridine rings is 1. The predicted octanol–water partition coefficient (Wildman–Crippen LogP) is 1.94. The first kappa shape index (κ1) is 17.9. The van der Waals surface area contributed by atoms with Crippen molar-refractivity contribution in [1.29, 1.82) is 0 Å². The van der Waals surface area contributed by atoms with Gasteiger partial charge in [0, 0.05) is 24.3 Å². The van der Waals surface area contributed by atoms with E-state index in [-0.39, 0.29) is 19.6 Å². The Hall–Kier alpha value is -2.93. The molecule has 1 saturated heterocycles. The molecule has 1 aromatic carbocycles. The van der Waals surface area contributed by atoms with Crippen molar-refractivity contribution in [3.8, 4) is 5.75 Å². The standard InChI is InChI=1S/C19H20N2O5/c1-13-5-6-16(10-20-13)26-11-14-3-2-4-15(9-14)17(22)21-19(18(23)24)7-8-25-12-19/h2-6,9-10H,7-8,11-12H2,1H3,(H,21,22)(H,23,24). The molecule has 0 bridgehead atoms. The number of nitrogens with zero attached hydrogens (tertiary/aromatic N) is 1. The number of aryl methyl sites for hydroxylation is 1. The topological polar surface area (TPSA) is 97.8 Å². The number of aromatic nitrogens is 1. The zero-order valence-corrected chi connectivity index (χ0v) is 14.4. The normalized spacial score (nSPS) is 19.1. The summed E-state index contributed by atoms with van der Waals surface area (Å²) in [5, 5.41) is 12.0. The minimum Gasteiger partial charge on any atom is -0.487 e. The summed E-state index contributed by atoms with van der Waals surface area (Å²) in [5.41, 5.74) is 0.710. The van der Waals surface area contributed by atoms with E-state index >= 15 is 0 Å². The Labute approximate surface area is 151 Å². The van der Waals surface area contributed by atoms with Crippen molar-refractivity contribution in [2.75, 3.05) is 13.2 Å². The number of amides is 1. The fourth-order valence-corrected chi connectivity index (χ4v) is 2.68. The maximum atomic E-state index is 12.5. The third-order valence-corrected chi connectivity index (χ3v) is 4.26. The summed E-state index contributed by atoms with van der Waals surface area (Å²) in [7, 11) is 0. The van der Waals surface area contributed by atoms with Gasteiger partial charge in [0.05, 0.1) is 12.8 Å². The lowest BCUT2D eigenvalue weighted by Gasteiger charge is -2.23. The van der Waals surface area contributed by atoms with Crippen molar-refractivity contribution in [2.45, 2.75) is 25.5 Å². The van der Waals surface area contributed by atoms with Crippen LogP contribution in [0.1, 0.15) is 28.0 Å². The third kappa shape index (κ3) is 4.00. The number of carbonyl (C=O) groups is 2. The first-order chi connectivity index (χ1) is 12.5. The van der Waals surface area contributed by atoms with Crippen molar-refractivity contribution in [3.63, 3.8) is 0 Å². The second kappa shape index (κ2) is 7.53. The van der Waals surface area contributed by atoms with Crippen molar-refractivity contribution in [3.05, 3.63) is 59.4 Å². The van der Waals surface area contributed by atoms with E-state index in [1.807, 2.05) is 25.1 Å². The quantitative estimate of drug-likeness (QED) is 0.821. The largest absolute Gasteiger partial charge is 0.487 e. The molecule has 1 fully saturated rings. The molecule has 7 heteroatoms. The molecule has 7 nitrogen and oxygen atoms in total. The van der Waals surface area contributed by atoms with Gasteiger partial charge >= 0.3 is 5.97 Å². The van der Waals surface area contributed by atoms with Crippen molar-refractivity contribution < 1.29 is 24.2 Å². The van der Waals surface area contributed by atoms with Crippen LogP contribution in [0.4, 0.5) is 0 Å². The van der Waals surface area contributed by atoms with Crippen LogP contribution in [-0.2, 0) is 16.1 Å². The van der Waals surface area contributed by atoms with Gasteiger partial charge < -0.3 is 19.9 Å². The van der Waals surface area contributed by atoms with Crippen LogP contribution in [0.25, 0.3) is 0 Å². The molecule has 136 valence electrons. The minimum absolute atomic E-state index is 0.0305. The maximum Gasteiger partial charge on any atom is 0.331 e. The Bertz CT molecular complexity index is 798. The lowest BCUT2D eigenvalue weighted by molar-refractivity contribution is -0.144. The molecule has 1 aliphatic rings. The highest BCUT2D eigenvalue weighted by atomic mass is 16.5. The van der Waals surface area contributed by atoms with Crippen molar-refractivity contribution in [2.24, 2.45) is 0 Å². The average Bonchev–Trinajstić information content (AvgIpc) is 3.11. The molecule has 2 heterocycles. The number of hydrogen-bond donors (Lipinski definition) is 2. The molecular formula is C19H20N2O5. The maximum absolute atomic E-state index is 12.5. The van der Waals surface area contributed by atoms with Crippen molar-refractivity contribution >= 4 is 11.9 Å². The Morgan fingerprint density at radius 2 is 2.19 bits per heavy atom. The summed E-state index contributed by atoms with van der Waals surface area (Å²) < 4.78 is 10.8. The number of carboxylic acids is 1. The monoisotopic (exact) mass is 356 g/mol. The number of hydrogen-bond acceptors (Lipinski definition) is 5. The van der Waals surface area contributed by atoms with Gasteiger partial charge in [-0.1, -0.05) is 12.1 Å². The SMILES string of the molecule is Cc1ccc(OCc2cccc(C(=O)NC3(C(=O)O)CCOC3)c2)cn1. The van der Waals surface area contributed by atoms with Crippen LogP contribution < -0.4 is 10.1 Å². The molecule has 26 heavy (non-hydrogen) atoms. The van der Waals surface area contributed by atoms with Crippen LogP contribution in [0.5, 0.6) is 5.75 Å². The summed E-state index contributed by atoms with van der Waals surface area (Å²) in [5.74, 6) is -0.898. The second-order valence-corrected chi connectivity index (χ2v) is 6.27. The minimum atomic E-state index is -1.36. The molecule has 2 N–H and O–H groups in total. The molecule has 0 radical (unpaired) electrons. The summed E-state index contributed by atoms with van der Waals surface area (Å²) in [4.78, 5) is 28.2. The van der Waals surface area contributed by atoms with Crippen molar-refractivity contribution in [1.82, 2.24) is 10.3 Å². The Morgan fingerprint density at radius 1 is 1.35 bits per heavy atom. The molecule has 0 spiro atoms. The van der Waals surface area contributed by atoms with Crippen LogP contribution in [0.15, 0.2) is 42.6 Å². The molecule has 1 atom stereocenters. The Kier molecular flexibility index (Phi) is 5.18. The number of rotatable bonds is 6. The number of nitrogens with one attached hydrogen (secondary N) is 1. The van der Waals surface area contributed by atoms with Gasteiger partial charge in [-0.15, -0.1) is 0 Å². The van der Waals surface area contributed by atoms with E-state index in [0.29, 0.717) is 17.9 Å². The number of ether oxygens (including phenoxy) is 2. The molecule has 1 aromatic heterocycles. The van der Waals surface area contributed by atoms with Gasteiger partial charge in [-0.3, -0.25) is 9.78 Å². The summed E-state index contributed by atoms with van der Waals surface area (Å²) in [6, 6.07) is 10.6. The molecule has 1 aliphatic heterocycles.